The molecule has 1 saturated carbocycles. The Balaban J connectivity index is 2.20. The molecule has 2 N–H and O–H groups in total. The molecule has 1 fully saturated rings. The third kappa shape index (κ3) is 3.23. The Labute approximate surface area is 111 Å². The number of hydrogen-bond acceptors (Lipinski definition) is 2. The predicted octanol–water partition coefficient (Wildman–Crippen LogP) is 4.16. The lowest BCUT2D eigenvalue weighted by molar-refractivity contribution is 0.177. The van der Waals surface area contributed by atoms with Gasteiger partial charge >= 0.3 is 0 Å². The third-order valence-electron chi connectivity index (χ3n) is 3.53. The van der Waals surface area contributed by atoms with Gasteiger partial charge in [-0.3, -0.25) is 0 Å². The van der Waals surface area contributed by atoms with Crippen molar-refractivity contribution in [3.63, 3.8) is 0 Å². The van der Waals surface area contributed by atoms with Crippen LogP contribution in [0.1, 0.15) is 37.7 Å². The number of thioether (sulfide) groups is 1. The molecule has 1 aliphatic carbocycles. The van der Waals surface area contributed by atoms with Crippen LogP contribution in [0, 0.1) is 0 Å². The van der Waals surface area contributed by atoms with Crippen molar-refractivity contribution in [2.75, 3.05) is 5.75 Å². The normalized spacial score (nSPS) is 19.1. The fourth-order valence-electron chi connectivity index (χ4n) is 2.61. The van der Waals surface area contributed by atoms with Gasteiger partial charge in [0.1, 0.15) is 0 Å². The monoisotopic (exact) mass is 271 g/mol. The summed E-state index contributed by atoms with van der Waals surface area (Å²) >= 11 is 1.22. The molecular weight excluding hydrogens is 252 g/mol. The van der Waals surface area contributed by atoms with Crippen LogP contribution in [0.3, 0.4) is 0 Å². The van der Waals surface area contributed by atoms with Crippen molar-refractivity contribution in [1.29, 1.82) is 0 Å². The first-order valence-corrected chi connectivity index (χ1v) is 7.40. The van der Waals surface area contributed by atoms with Gasteiger partial charge in [-0.15, -0.1) is 11.8 Å². The van der Waals surface area contributed by atoms with E-state index < -0.39 is 6.43 Å². The predicted molar refractivity (Wildman–Crippen MR) is 72.1 cm³/mol. The van der Waals surface area contributed by atoms with Crippen LogP contribution in [0.5, 0.6) is 0 Å². The minimum atomic E-state index is -2.27. The van der Waals surface area contributed by atoms with Crippen molar-refractivity contribution >= 4 is 11.8 Å². The molecule has 1 aromatic carbocycles. The van der Waals surface area contributed by atoms with E-state index in [2.05, 4.69) is 0 Å². The Morgan fingerprint density at radius 1 is 1.17 bits per heavy atom. The highest BCUT2D eigenvalue weighted by Crippen LogP contribution is 2.39. The van der Waals surface area contributed by atoms with Crippen LogP contribution in [0.15, 0.2) is 29.2 Å². The summed E-state index contributed by atoms with van der Waals surface area (Å²) in [5, 5.41) is 0. The number of nitrogens with two attached hydrogens (primary N) is 1. The Morgan fingerprint density at radius 3 is 2.50 bits per heavy atom. The number of alkyl halides is 2. The van der Waals surface area contributed by atoms with E-state index in [4.69, 9.17) is 5.73 Å². The highest BCUT2D eigenvalue weighted by atomic mass is 32.2. The molecule has 0 spiro atoms. The van der Waals surface area contributed by atoms with Crippen molar-refractivity contribution in [1.82, 2.24) is 0 Å². The minimum Gasteiger partial charge on any atom is -0.321 e. The molecular formula is C14H19F2NS. The average Bonchev–Trinajstić information content (AvgIpc) is 2.37. The van der Waals surface area contributed by atoms with Gasteiger partial charge in [-0.2, -0.15) is 0 Å². The molecule has 0 heterocycles. The van der Waals surface area contributed by atoms with Gasteiger partial charge in [-0.1, -0.05) is 37.5 Å². The molecule has 0 aromatic heterocycles. The number of hydrogen-bond donors (Lipinski definition) is 1. The zero-order valence-corrected chi connectivity index (χ0v) is 11.2. The topological polar surface area (TPSA) is 26.0 Å². The van der Waals surface area contributed by atoms with Crippen molar-refractivity contribution in [2.24, 2.45) is 5.73 Å². The van der Waals surface area contributed by atoms with Gasteiger partial charge in [0.2, 0.25) is 6.43 Å². The third-order valence-corrected chi connectivity index (χ3v) is 4.62. The fraction of sp³-hybridized carbons (Fsp3) is 0.571. The smallest absolute Gasteiger partial charge is 0.247 e. The van der Waals surface area contributed by atoms with Gasteiger partial charge in [0.05, 0.1) is 5.75 Å². The van der Waals surface area contributed by atoms with E-state index in [1.807, 2.05) is 24.3 Å². The van der Waals surface area contributed by atoms with E-state index in [9.17, 15) is 8.78 Å². The van der Waals surface area contributed by atoms with Gasteiger partial charge in [0.15, 0.2) is 0 Å². The Morgan fingerprint density at radius 2 is 1.83 bits per heavy atom. The number of rotatable bonds is 4. The summed E-state index contributed by atoms with van der Waals surface area (Å²) in [4.78, 5) is 0.919. The fourth-order valence-corrected chi connectivity index (χ4v) is 3.52. The molecule has 4 heteroatoms. The maximum Gasteiger partial charge on any atom is 0.247 e. The summed E-state index contributed by atoms with van der Waals surface area (Å²) in [6.07, 6.45) is 3.13. The standard InChI is InChI=1S/C14H19F2NS/c15-13(16)10-18-12-7-3-2-6-11(12)14(17)8-4-1-5-9-14/h2-3,6-7,13H,1,4-5,8-10,17H2. The molecule has 0 unspecified atom stereocenters. The van der Waals surface area contributed by atoms with E-state index in [1.165, 1.54) is 18.2 Å². The molecule has 1 nitrogen and oxygen atoms in total. The average molecular weight is 271 g/mol. The summed E-state index contributed by atoms with van der Waals surface area (Å²) in [6, 6.07) is 7.75. The van der Waals surface area contributed by atoms with Crippen LogP contribution in [0.2, 0.25) is 0 Å². The first-order chi connectivity index (χ1) is 8.62. The number of halogens is 2. The highest BCUT2D eigenvalue weighted by Gasteiger charge is 2.31. The van der Waals surface area contributed by atoms with Crippen LogP contribution >= 0.6 is 11.8 Å². The van der Waals surface area contributed by atoms with E-state index in [0.717, 1.165) is 36.1 Å². The van der Waals surface area contributed by atoms with E-state index in [0.29, 0.717) is 0 Å². The SMILES string of the molecule is NC1(c2ccccc2SCC(F)F)CCCCC1. The largest absolute Gasteiger partial charge is 0.321 e. The Kier molecular flexibility index (Phi) is 4.62. The van der Waals surface area contributed by atoms with Gasteiger partial charge in [-0.05, 0) is 24.5 Å². The lowest BCUT2D eigenvalue weighted by atomic mass is 9.77. The Hall–Kier alpha value is -0.610. The van der Waals surface area contributed by atoms with E-state index in [1.54, 1.807) is 0 Å². The van der Waals surface area contributed by atoms with Crippen LogP contribution in [0.25, 0.3) is 0 Å². The first kappa shape index (κ1) is 13.8. The molecule has 2 rings (SSSR count). The first-order valence-electron chi connectivity index (χ1n) is 6.41. The van der Waals surface area contributed by atoms with Gasteiger partial charge < -0.3 is 5.73 Å². The zero-order valence-electron chi connectivity index (χ0n) is 10.4. The number of benzene rings is 1. The highest BCUT2D eigenvalue weighted by molar-refractivity contribution is 7.99. The molecule has 1 aliphatic rings. The maximum atomic E-state index is 12.3. The molecule has 0 atom stereocenters. The molecule has 0 radical (unpaired) electrons. The van der Waals surface area contributed by atoms with Crippen LogP contribution in [0.4, 0.5) is 8.78 Å². The summed E-state index contributed by atoms with van der Waals surface area (Å²) < 4.78 is 24.7. The second-order valence-corrected chi connectivity index (χ2v) is 5.98. The Bertz CT molecular complexity index is 389. The quantitative estimate of drug-likeness (QED) is 0.832. The molecule has 18 heavy (non-hydrogen) atoms. The van der Waals surface area contributed by atoms with E-state index >= 15 is 0 Å². The van der Waals surface area contributed by atoms with Crippen LogP contribution in [-0.2, 0) is 5.54 Å². The van der Waals surface area contributed by atoms with Crippen molar-refractivity contribution in [3.8, 4) is 0 Å². The van der Waals surface area contributed by atoms with Crippen LogP contribution < -0.4 is 5.73 Å². The lowest BCUT2D eigenvalue weighted by Gasteiger charge is -2.35. The molecule has 100 valence electrons. The maximum absolute atomic E-state index is 12.3. The second-order valence-electron chi connectivity index (χ2n) is 4.92. The van der Waals surface area contributed by atoms with Gasteiger partial charge in [-0.25, -0.2) is 8.78 Å². The molecule has 0 saturated heterocycles. The zero-order chi connectivity index (χ0) is 13.0. The van der Waals surface area contributed by atoms with E-state index in [-0.39, 0.29) is 11.3 Å². The van der Waals surface area contributed by atoms with Gasteiger partial charge in [0, 0.05) is 10.4 Å². The van der Waals surface area contributed by atoms with Crippen molar-refractivity contribution in [3.05, 3.63) is 29.8 Å². The van der Waals surface area contributed by atoms with Crippen molar-refractivity contribution < 1.29 is 8.78 Å². The van der Waals surface area contributed by atoms with Crippen LogP contribution in [-0.4, -0.2) is 12.2 Å². The molecule has 1 aromatic rings. The summed E-state index contributed by atoms with van der Waals surface area (Å²) in [6.45, 7) is 0. The van der Waals surface area contributed by atoms with Crippen molar-refractivity contribution in [2.45, 2.75) is 49.0 Å². The summed E-state index contributed by atoms with van der Waals surface area (Å²) in [7, 11) is 0. The minimum absolute atomic E-state index is 0.160. The molecule has 0 aliphatic heterocycles. The van der Waals surface area contributed by atoms with Gasteiger partial charge in [0.25, 0.3) is 0 Å². The lowest BCUT2D eigenvalue weighted by Crippen LogP contribution is -2.39. The summed E-state index contributed by atoms with van der Waals surface area (Å²) in [5.74, 6) is -0.160. The summed E-state index contributed by atoms with van der Waals surface area (Å²) in [5.41, 5.74) is 7.22. The second kappa shape index (κ2) is 6.02. The molecule has 0 bridgehead atoms. The molecule has 0 amide bonds.